The first-order valence-electron chi connectivity index (χ1n) is 10.9. The molecule has 0 aromatic heterocycles. The van der Waals surface area contributed by atoms with Crippen LogP contribution in [0.2, 0.25) is 0 Å². The summed E-state index contributed by atoms with van der Waals surface area (Å²) in [5, 5.41) is 4.48. The normalized spacial score (nSPS) is 15.1. The Morgan fingerprint density at radius 1 is 0.485 bits per heavy atom. The fourth-order valence-electron chi connectivity index (χ4n) is 4.38. The zero-order valence-corrected chi connectivity index (χ0v) is 27.6. The van der Waals surface area contributed by atoms with E-state index in [1.165, 1.54) is 43.8 Å². The van der Waals surface area contributed by atoms with Crippen molar-refractivity contribution in [3.05, 3.63) is 54.3 Å². The van der Waals surface area contributed by atoms with Gasteiger partial charge in [0.1, 0.15) is 11.5 Å². The van der Waals surface area contributed by atoms with Gasteiger partial charge in [0.2, 0.25) is 0 Å². The molecule has 0 amide bonds. The molecule has 0 unspecified atom stereocenters. The molecule has 0 aliphatic heterocycles. The highest BCUT2D eigenvalue weighted by Crippen LogP contribution is 2.35. The van der Waals surface area contributed by atoms with Crippen molar-refractivity contribution >= 4 is 83.7 Å². The van der Waals surface area contributed by atoms with Crippen LogP contribution in [0, 0.1) is 27.7 Å². The second-order valence-electron chi connectivity index (χ2n) is 10.6. The third-order valence-electron chi connectivity index (χ3n) is 6.36. The lowest BCUT2D eigenvalue weighted by molar-refractivity contribution is 0.426. The van der Waals surface area contributed by atoms with E-state index in [0.717, 1.165) is 21.9 Å². The van der Waals surface area contributed by atoms with E-state index in [2.05, 4.69) is 133 Å². The van der Waals surface area contributed by atoms with E-state index in [0.29, 0.717) is 0 Å². The Bertz CT molecular complexity index is 1220. The largest absolute Gasteiger partial charge is 0.455 e. The summed E-state index contributed by atoms with van der Waals surface area (Å²) in [4.78, 5) is 8.04. The molecule has 2 rings (SSSR count). The molecule has 0 spiro atoms. The van der Waals surface area contributed by atoms with Crippen molar-refractivity contribution in [2.24, 2.45) is 0 Å². The quantitative estimate of drug-likeness (QED) is 0.310. The Morgan fingerprint density at radius 3 is 0.939 bits per heavy atom. The molecule has 2 aromatic carbocycles. The van der Waals surface area contributed by atoms with Gasteiger partial charge in [-0.05, 0) is 91.2 Å². The van der Waals surface area contributed by atoms with Crippen LogP contribution in [0.15, 0.2) is 0 Å². The molecule has 0 atom stereocenters. The summed E-state index contributed by atoms with van der Waals surface area (Å²) in [6, 6.07) is 0. The number of halogens is 4. The molecule has 0 fully saturated rings. The van der Waals surface area contributed by atoms with Gasteiger partial charge >= 0.3 is 0 Å². The molecule has 0 saturated heterocycles. The van der Waals surface area contributed by atoms with E-state index in [9.17, 15) is 0 Å². The summed E-state index contributed by atoms with van der Waals surface area (Å²) in [7, 11) is 0. The van der Waals surface area contributed by atoms with Crippen molar-refractivity contribution in [2.45, 2.75) is 80.1 Å². The van der Waals surface area contributed by atoms with Gasteiger partial charge in [0.15, 0.2) is 0 Å². The van der Waals surface area contributed by atoms with Crippen LogP contribution in [-0.4, -0.2) is 0 Å². The van der Waals surface area contributed by atoms with Crippen molar-refractivity contribution in [3.63, 3.8) is 0 Å². The van der Waals surface area contributed by atoms with Crippen LogP contribution in [0.1, 0.15) is 74.9 Å². The molecule has 1 nitrogen and oxygen atoms in total. The van der Waals surface area contributed by atoms with Gasteiger partial charge in [0, 0.05) is 21.6 Å². The van der Waals surface area contributed by atoms with Crippen LogP contribution >= 0.6 is 63.7 Å². The van der Waals surface area contributed by atoms with E-state index < -0.39 is 0 Å². The Labute approximate surface area is 232 Å². The molecule has 2 aromatic rings. The summed E-state index contributed by atoms with van der Waals surface area (Å²) in [6.07, 6.45) is 0. The van der Waals surface area contributed by atoms with Crippen LogP contribution in [0.3, 0.4) is 0 Å². The predicted molar refractivity (Wildman–Crippen MR) is 161 cm³/mol. The number of ether oxygens (including phenoxy) is 1. The highest BCUT2D eigenvalue weighted by Gasteiger charge is 2.29. The molecular weight excluding hydrogens is 672 g/mol. The predicted octanol–water partition coefficient (Wildman–Crippen LogP) is 7.84. The summed E-state index contributed by atoms with van der Waals surface area (Å²) < 4.78 is 7.09. The second kappa shape index (κ2) is 10.7. The molecule has 0 radical (unpaired) electrons. The maximum atomic E-state index is 7.09. The van der Waals surface area contributed by atoms with E-state index in [4.69, 9.17) is 4.74 Å². The van der Waals surface area contributed by atoms with Gasteiger partial charge in [-0.1, -0.05) is 105 Å². The maximum absolute atomic E-state index is 7.09. The number of hydrogen-bond donors (Lipinski definition) is 0. The highest BCUT2D eigenvalue weighted by molar-refractivity contribution is 9.14. The first-order chi connectivity index (χ1) is 15.2. The van der Waals surface area contributed by atoms with Gasteiger partial charge in [0.25, 0.3) is 0 Å². The van der Waals surface area contributed by atoms with Crippen molar-refractivity contribution in [3.8, 4) is 11.5 Å². The van der Waals surface area contributed by atoms with E-state index in [1.807, 2.05) is 19.9 Å². The molecule has 0 aliphatic rings. The Balaban J connectivity index is 3.27. The lowest BCUT2D eigenvalue weighted by atomic mass is 9.81. The van der Waals surface area contributed by atoms with Crippen molar-refractivity contribution in [2.75, 3.05) is 0 Å². The fourth-order valence-corrected chi connectivity index (χ4v) is 6.62. The molecule has 0 aliphatic carbocycles. The van der Waals surface area contributed by atoms with Crippen molar-refractivity contribution in [1.29, 1.82) is 0 Å². The SMILES string of the molecule is Cc1c(C)c(=CBr)c(C(C)(C)C)c(Oc2c(C(C)(C)C)c(=CBr)c(C)c(C)c2=CBr)c1=CBr. The maximum Gasteiger partial charge on any atom is 0.139 e. The van der Waals surface area contributed by atoms with Gasteiger partial charge in [0.05, 0.1) is 0 Å². The van der Waals surface area contributed by atoms with Gasteiger partial charge < -0.3 is 4.74 Å². The minimum atomic E-state index is -0.136. The standard InChI is InChI=1S/C28H34Br4O/c1-15-17(3)21(13-31)25(23(19(15)11-29)27(5,6)7)33-26-22(14-32)18(4)16(2)20(12-30)24(26)28(8,9)10/h11-14H,1-10H3. The molecule has 0 bridgehead atoms. The smallest absolute Gasteiger partial charge is 0.139 e. The zero-order chi connectivity index (χ0) is 25.5. The zero-order valence-electron chi connectivity index (χ0n) is 21.2. The van der Waals surface area contributed by atoms with E-state index in [-0.39, 0.29) is 10.8 Å². The van der Waals surface area contributed by atoms with Gasteiger partial charge in [-0.2, -0.15) is 0 Å². The summed E-state index contributed by atoms with van der Waals surface area (Å²) in [5.74, 6) is 1.77. The van der Waals surface area contributed by atoms with Gasteiger partial charge in [-0.3, -0.25) is 0 Å². The van der Waals surface area contributed by atoms with Gasteiger partial charge in [-0.25, -0.2) is 0 Å². The second-order valence-corrected chi connectivity index (χ2v) is 12.4. The Morgan fingerprint density at radius 2 is 0.727 bits per heavy atom. The van der Waals surface area contributed by atoms with Crippen molar-refractivity contribution in [1.82, 2.24) is 0 Å². The van der Waals surface area contributed by atoms with Crippen LogP contribution in [0.25, 0.3) is 19.9 Å². The molecule has 5 heteroatoms. The van der Waals surface area contributed by atoms with Crippen LogP contribution < -0.4 is 25.6 Å². The molecule has 0 saturated carbocycles. The summed E-state index contributed by atoms with van der Waals surface area (Å²) >= 11 is 14.6. The topological polar surface area (TPSA) is 9.23 Å². The van der Waals surface area contributed by atoms with Crippen LogP contribution in [-0.2, 0) is 10.8 Å². The molecule has 0 N–H and O–H groups in total. The fraction of sp³-hybridized carbons (Fsp3) is 0.429. The van der Waals surface area contributed by atoms with E-state index in [1.54, 1.807) is 0 Å². The average molecular weight is 706 g/mol. The first-order valence-corrected chi connectivity index (χ1v) is 14.6. The molecule has 0 heterocycles. The van der Waals surface area contributed by atoms with Gasteiger partial charge in [-0.15, -0.1) is 0 Å². The van der Waals surface area contributed by atoms with Crippen LogP contribution in [0.5, 0.6) is 11.5 Å². The third kappa shape index (κ3) is 5.42. The summed E-state index contributed by atoms with van der Waals surface area (Å²) in [5.41, 5.74) is 6.95. The molecular formula is C28H34Br4O. The monoisotopic (exact) mass is 702 g/mol. The lowest BCUT2D eigenvalue weighted by Crippen LogP contribution is -2.34. The highest BCUT2D eigenvalue weighted by atomic mass is 79.9. The average Bonchev–Trinajstić information content (AvgIpc) is 2.71. The number of rotatable bonds is 2. The minimum Gasteiger partial charge on any atom is -0.455 e. The minimum absolute atomic E-state index is 0.136. The third-order valence-corrected chi connectivity index (χ3v) is 8.19. The molecule has 180 valence electrons. The first kappa shape index (κ1) is 28.9. The Kier molecular flexibility index (Phi) is 9.38. The number of hydrogen-bond acceptors (Lipinski definition) is 1. The summed E-state index contributed by atoms with van der Waals surface area (Å²) in [6.45, 7) is 22.1. The number of benzene rings is 2. The lowest BCUT2D eigenvalue weighted by Gasteiger charge is -2.30. The molecule has 33 heavy (non-hydrogen) atoms. The Hall–Kier alpha value is -0.360. The van der Waals surface area contributed by atoms with Crippen molar-refractivity contribution < 1.29 is 4.74 Å². The van der Waals surface area contributed by atoms with E-state index >= 15 is 0 Å². The van der Waals surface area contributed by atoms with Crippen LogP contribution in [0.4, 0.5) is 0 Å².